The maximum absolute atomic E-state index is 4.41. The van der Waals surface area contributed by atoms with Gasteiger partial charge in [-0.3, -0.25) is 9.25 Å². The van der Waals surface area contributed by atoms with Gasteiger partial charge in [0.25, 0.3) is 0 Å². The molecule has 0 bridgehead atoms. The Balaban J connectivity index is 1.98. The van der Waals surface area contributed by atoms with Crippen molar-refractivity contribution in [2.24, 2.45) is 7.05 Å². The molecule has 3 aromatic rings. The first-order chi connectivity index (χ1) is 9.74. The Morgan fingerprint density at radius 3 is 2.75 bits per heavy atom. The zero-order valence-corrected chi connectivity index (χ0v) is 11.5. The summed E-state index contributed by atoms with van der Waals surface area (Å²) in [5.41, 5.74) is 4.52. The van der Waals surface area contributed by atoms with Crippen LogP contribution in [0.2, 0.25) is 0 Å². The van der Waals surface area contributed by atoms with Crippen LogP contribution < -0.4 is 0 Å². The quantitative estimate of drug-likeness (QED) is 0.677. The van der Waals surface area contributed by atoms with Gasteiger partial charge in [-0.2, -0.15) is 5.10 Å². The third-order valence-corrected chi connectivity index (χ3v) is 3.81. The van der Waals surface area contributed by atoms with Gasteiger partial charge in [-0.15, -0.1) is 10.2 Å². The average molecular weight is 265 g/mol. The molecule has 4 rings (SSSR count). The highest BCUT2D eigenvalue weighted by Gasteiger charge is 2.23. The van der Waals surface area contributed by atoms with E-state index in [0.29, 0.717) is 0 Å². The summed E-state index contributed by atoms with van der Waals surface area (Å²) in [5, 5.41) is 13.2. The van der Waals surface area contributed by atoms with Crippen LogP contribution in [0.1, 0.15) is 17.1 Å². The van der Waals surface area contributed by atoms with E-state index in [0.717, 1.165) is 35.9 Å². The molecule has 0 spiro atoms. The maximum Gasteiger partial charge on any atom is 0.186 e. The van der Waals surface area contributed by atoms with Crippen molar-refractivity contribution in [2.75, 3.05) is 0 Å². The molecule has 5 nitrogen and oxygen atoms in total. The van der Waals surface area contributed by atoms with Gasteiger partial charge in [0.1, 0.15) is 11.5 Å². The van der Waals surface area contributed by atoms with E-state index in [9.17, 15) is 0 Å². The van der Waals surface area contributed by atoms with Crippen molar-refractivity contribution in [1.29, 1.82) is 0 Å². The summed E-state index contributed by atoms with van der Waals surface area (Å²) in [6, 6.07) is 10.5. The monoisotopic (exact) mass is 265 g/mol. The fourth-order valence-corrected chi connectivity index (χ4v) is 2.90. The molecule has 2 aromatic heterocycles. The van der Waals surface area contributed by atoms with Gasteiger partial charge in [0, 0.05) is 13.5 Å². The summed E-state index contributed by atoms with van der Waals surface area (Å²) in [4.78, 5) is 0. The molecule has 1 aliphatic heterocycles. The van der Waals surface area contributed by atoms with E-state index in [2.05, 4.69) is 50.2 Å². The SMILES string of the molecule is Cc1cc(-c2nnc3n2-c2ccccc2CC3)n(C)n1. The van der Waals surface area contributed by atoms with Gasteiger partial charge in [-0.05, 0) is 31.0 Å². The number of aromatic nitrogens is 5. The van der Waals surface area contributed by atoms with Gasteiger partial charge in [0.05, 0.1) is 11.4 Å². The van der Waals surface area contributed by atoms with Crippen LogP contribution >= 0.6 is 0 Å². The lowest BCUT2D eigenvalue weighted by Crippen LogP contribution is -2.13. The van der Waals surface area contributed by atoms with Crippen LogP contribution in [0.5, 0.6) is 0 Å². The normalized spacial score (nSPS) is 13.1. The first-order valence-electron chi connectivity index (χ1n) is 6.77. The fraction of sp³-hybridized carbons (Fsp3) is 0.267. The lowest BCUT2D eigenvalue weighted by Gasteiger charge is -2.19. The summed E-state index contributed by atoms with van der Waals surface area (Å²) >= 11 is 0. The number of rotatable bonds is 1. The van der Waals surface area contributed by atoms with Crippen molar-refractivity contribution in [2.45, 2.75) is 19.8 Å². The average Bonchev–Trinajstić information content (AvgIpc) is 3.01. The Hall–Kier alpha value is -2.43. The first-order valence-corrected chi connectivity index (χ1v) is 6.77. The van der Waals surface area contributed by atoms with Crippen molar-refractivity contribution in [3.63, 3.8) is 0 Å². The second kappa shape index (κ2) is 4.03. The van der Waals surface area contributed by atoms with E-state index in [1.54, 1.807) is 0 Å². The standard InChI is InChI=1S/C15H15N5/c1-10-9-13(19(2)18-10)15-17-16-14-8-7-11-5-3-4-6-12(11)20(14)15/h3-6,9H,7-8H2,1-2H3. The molecular formula is C15H15N5. The van der Waals surface area contributed by atoms with Crippen LogP contribution in [-0.4, -0.2) is 24.5 Å². The molecule has 20 heavy (non-hydrogen) atoms. The van der Waals surface area contributed by atoms with E-state index in [4.69, 9.17) is 0 Å². The Labute approximate surface area is 116 Å². The molecule has 5 heteroatoms. The van der Waals surface area contributed by atoms with Gasteiger partial charge in [-0.1, -0.05) is 18.2 Å². The van der Waals surface area contributed by atoms with Gasteiger partial charge in [0.2, 0.25) is 0 Å². The second-order valence-electron chi connectivity index (χ2n) is 5.20. The van der Waals surface area contributed by atoms with E-state index in [1.807, 2.05) is 18.7 Å². The van der Waals surface area contributed by atoms with Crippen molar-refractivity contribution in [1.82, 2.24) is 24.5 Å². The van der Waals surface area contributed by atoms with Crippen molar-refractivity contribution < 1.29 is 0 Å². The summed E-state index contributed by atoms with van der Waals surface area (Å²) in [7, 11) is 1.94. The molecule has 3 heterocycles. The molecule has 0 radical (unpaired) electrons. The number of benzene rings is 1. The third-order valence-electron chi connectivity index (χ3n) is 3.81. The summed E-state index contributed by atoms with van der Waals surface area (Å²) < 4.78 is 4.03. The first kappa shape index (κ1) is 11.4. The van der Waals surface area contributed by atoms with Crippen LogP contribution in [0.4, 0.5) is 0 Å². The molecule has 1 aromatic carbocycles. The van der Waals surface area contributed by atoms with Crippen molar-refractivity contribution in [3.05, 3.63) is 47.4 Å². The number of para-hydroxylation sites is 1. The Bertz CT molecular complexity index is 796. The Morgan fingerprint density at radius 1 is 1.10 bits per heavy atom. The van der Waals surface area contributed by atoms with Crippen molar-refractivity contribution >= 4 is 0 Å². The highest BCUT2D eigenvalue weighted by molar-refractivity contribution is 5.58. The molecule has 0 amide bonds. The van der Waals surface area contributed by atoms with E-state index in [-0.39, 0.29) is 0 Å². The highest BCUT2D eigenvalue weighted by Crippen LogP contribution is 2.29. The van der Waals surface area contributed by atoms with E-state index in [1.165, 1.54) is 11.3 Å². The molecule has 100 valence electrons. The molecule has 0 unspecified atom stereocenters. The van der Waals surface area contributed by atoms with Gasteiger partial charge in [-0.25, -0.2) is 0 Å². The van der Waals surface area contributed by atoms with Crippen LogP contribution in [0, 0.1) is 6.92 Å². The minimum absolute atomic E-state index is 0.871. The number of hydrogen-bond acceptors (Lipinski definition) is 3. The topological polar surface area (TPSA) is 48.5 Å². The minimum Gasteiger partial charge on any atom is -0.277 e. The van der Waals surface area contributed by atoms with Gasteiger partial charge >= 0.3 is 0 Å². The number of fused-ring (bicyclic) bond motifs is 3. The number of hydrogen-bond donors (Lipinski definition) is 0. The summed E-state index contributed by atoms with van der Waals surface area (Å²) in [6.45, 7) is 1.99. The molecule has 0 saturated carbocycles. The number of aryl methyl sites for hydroxylation is 4. The minimum atomic E-state index is 0.871. The highest BCUT2D eigenvalue weighted by atomic mass is 15.3. The predicted octanol–water partition coefficient (Wildman–Crippen LogP) is 2.07. The van der Waals surface area contributed by atoms with Crippen molar-refractivity contribution in [3.8, 4) is 17.2 Å². The summed E-state index contributed by atoms with van der Waals surface area (Å²) in [6.07, 6.45) is 1.96. The second-order valence-corrected chi connectivity index (χ2v) is 5.20. The molecular weight excluding hydrogens is 250 g/mol. The molecule has 0 aliphatic carbocycles. The number of nitrogens with zero attached hydrogens (tertiary/aromatic N) is 5. The van der Waals surface area contributed by atoms with Gasteiger partial charge < -0.3 is 0 Å². The zero-order valence-electron chi connectivity index (χ0n) is 11.5. The van der Waals surface area contributed by atoms with Gasteiger partial charge in [0.15, 0.2) is 5.82 Å². The van der Waals surface area contributed by atoms with E-state index >= 15 is 0 Å². The molecule has 0 N–H and O–H groups in total. The predicted molar refractivity (Wildman–Crippen MR) is 75.7 cm³/mol. The lowest BCUT2D eigenvalue weighted by atomic mass is 10.0. The fourth-order valence-electron chi connectivity index (χ4n) is 2.90. The molecule has 0 fully saturated rings. The molecule has 0 saturated heterocycles. The Kier molecular flexibility index (Phi) is 2.30. The Morgan fingerprint density at radius 2 is 1.95 bits per heavy atom. The third kappa shape index (κ3) is 1.52. The smallest absolute Gasteiger partial charge is 0.186 e. The van der Waals surface area contributed by atoms with Crippen LogP contribution in [0.3, 0.4) is 0 Å². The summed E-state index contributed by atoms with van der Waals surface area (Å²) in [5.74, 6) is 1.90. The zero-order chi connectivity index (χ0) is 13.7. The van der Waals surface area contributed by atoms with E-state index < -0.39 is 0 Å². The lowest BCUT2D eigenvalue weighted by molar-refractivity contribution is 0.748. The van der Waals surface area contributed by atoms with Crippen LogP contribution in [-0.2, 0) is 19.9 Å². The largest absolute Gasteiger partial charge is 0.277 e. The maximum atomic E-state index is 4.41. The molecule has 1 aliphatic rings. The molecule has 0 atom stereocenters. The van der Waals surface area contributed by atoms with Crippen LogP contribution in [0.25, 0.3) is 17.2 Å². The van der Waals surface area contributed by atoms with Crippen LogP contribution in [0.15, 0.2) is 30.3 Å².